The molecule has 0 saturated carbocycles. The third-order valence-corrected chi connectivity index (χ3v) is 5.71. The summed E-state index contributed by atoms with van der Waals surface area (Å²) in [5, 5.41) is 2.94. The first kappa shape index (κ1) is 18.3. The quantitative estimate of drug-likeness (QED) is 0.874. The van der Waals surface area contributed by atoms with Gasteiger partial charge in [-0.2, -0.15) is 0 Å². The van der Waals surface area contributed by atoms with E-state index in [-0.39, 0.29) is 11.8 Å². The fraction of sp³-hybridized carbons (Fsp3) is 0.368. The monoisotopic (exact) mass is 374 g/mol. The molecule has 1 aliphatic heterocycles. The Morgan fingerprint density at radius 2 is 2.04 bits per heavy atom. The summed E-state index contributed by atoms with van der Waals surface area (Å²) in [6.07, 6.45) is 0.805. The fourth-order valence-corrected chi connectivity index (χ4v) is 4.05. The molecule has 0 radical (unpaired) electrons. The third-order valence-electron chi connectivity index (χ3n) is 4.47. The lowest BCUT2D eigenvalue weighted by Gasteiger charge is -2.25. The van der Waals surface area contributed by atoms with Crippen molar-refractivity contribution in [2.75, 3.05) is 20.8 Å². The SMILES string of the molecule is COc1ccc(CNC(=O)c2cc3c(s2)CCN(C(C)=O)C3)c(OC)c1. The predicted octanol–water partition coefficient (Wildman–Crippen LogP) is 2.60. The van der Waals surface area contributed by atoms with E-state index in [2.05, 4.69) is 5.32 Å². The molecule has 0 spiro atoms. The Hall–Kier alpha value is -2.54. The number of ether oxygens (including phenoxy) is 2. The van der Waals surface area contributed by atoms with Crippen molar-refractivity contribution in [3.05, 3.63) is 45.1 Å². The second-order valence-corrected chi connectivity index (χ2v) is 7.25. The lowest BCUT2D eigenvalue weighted by Crippen LogP contribution is -2.33. The molecule has 0 fully saturated rings. The number of nitrogens with zero attached hydrogens (tertiary/aromatic N) is 1. The molecular formula is C19H22N2O4S. The zero-order valence-electron chi connectivity index (χ0n) is 15.1. The van der Waals surface area contributed by atoms with Crippen LogP contribution < -0.4 is 14.8 Å². The fourth-order valence-electron chi connectivity index (χ4n) is 2.97. The molecule has 1 aromatic carbocycles. The van der Waals surface area contributed by atoms with Gasteiger partial charge in [0.15, 0.2) is 0 Å². The zero-order valence-corrected chi connectivity index (χ0v) is 15.9. The van der Waals surface area contributed by atoms with Crippen LogP contribution in [-0.4, -0.2) is 37.5 Å². The van der Waals surface area contributed by atoms with Gasteiger partial charge in [-0.05, 0) is 30.2 Å². The van der Waals surface area contributed by atoms with Crippen LogP contribution in [0.25, 0.3) is 0 Å². The Kier molecular flexibility index (Phi) is 5.46. The minimum Gasteiger partial charge on any atom is -0.497 e. The first-order chi connectivity index (χ1) is 12.5. The van der Waals surface area contributed by atoms with E-state index >= 15 is 0 Å². The van der Waals surface area contributed by atoms with Crippen LogP contribution in [-0.2, 0) is 24.3 Å². The van der Waals surface area contributed by atoms with Crippen LogP contribution in [0.15, 0.2) is 24.3 Å². The molecule has 0 bridgehead atoms. The van der Waals surface area contributed by atoms with E-state index < -0.39 is 0 Å². The summed E-state index contributed by atoms with van der Waals surface area (Å²) < 4.78 is 10.5. The van der Waals surface area contributed by atoms with Gasteiger partial charge in [-0.15, -0.1) is 11.3 Å². The second kappa shape index (κ2) is 7.78. The average Bonchev–Trinajstić information content (AvgIpc) is 3.09. The topological polar surface area (TPSA) is 67.9 Å². The smallest absolute Gasteiger partial charge is 0.261 e. The van der Waals surface area contributed by atoms with Gasteiger partial charge in [-0.1, -0.05) is 0 Å². The second-order valence-electron chi connectivity index (χ2n) is 6.11. The van der Waals surface area contributed by atoms with E-state index in [0.29, 0.717) is 36.0 Å². The van der Waals surface area contributed by atoms with Crippen LogP contribution in [0.1, 0.15) is 32.6 Å². The number of hydrogen-bond acceptors (Lipinski definition) is 5. The maximum Gasteiger partial charge on any atom is 0.261 e. The van der Waals surface area contributed by atoms with E-state index in [1.165, 1.54) is 16.2 Å². The highest BCUT2D eigenvalue weighted by molar-refractivity contribution is 7.14. The standard InChI is InChI=1S/C19H22N2O4S/c1-12(22)21-7-6-17-14(11-21)8-18(26-17)19(23)20-10-13-4-5-15(24-2)9-16(13)25-3/h4-5,8-9H,6-7,10-11H2,1-3H3,(H,20,23). The Bertz CT molecular complexity index is 831. The summed E-state index contributed by atoms with van der Waals surface area (Å²) in [6, 6.07) is 7.41. The van der Waals surface area contributed by atoms with Crippen molar-refractivity contribution in [2.24, 2.45) is 0 Å². The first-order valence-electron chi connectivity index (χ1n) is 8.38. The normalized spacial score (nSPS) is 13.1. The highest BCUT2D eigenvalue weighted by Gasteiger charge is 2.22. The molecule has 1 aromatic heterocycles. The number of amides is 2. The van der Waals surface area contributed by atoms with Crippen molar-refractivity contribution in [1.82, 2.24) is 10.2 Å². The number of thiophene rings is 1. The number of fused-ring (bicyclic) bond motifs is 1. The number of methoxy groups -OCH3 is 2. The van der Waals surface area contributed by atoms with E-state index in [1.54, 1.807) is 32.1 Å². The van der Waals surface area contributed by atoms with Crippen molar-refractivity contribution in [1.29, 1.82) is 0 Å². The minimum atomic E-state index is -0.114. The highest BCUT2D eigenvalue weighted by Crippen LogP contribution is 2.29. The molecule has 7 heteroatoms. The van der Waals surface area contributed by atoms with Crippen LogP contribution in [0.2, 0.25) is 0 Å². The summed E-state index contributed by atoms with van der Waals surface area (Å²) >= 11 is 1.51. The van der Waals surface area contributed by atoms with Gasteiger partial charge in [0.1, 0.15) is 11.5 Å². The molecule has 0 atom stereocenters. The van der Waals surface area contributed by atoms with Gasteiger partial charge >= 0.3 is 0 Å². The summed E-state index contributed by atoms with van der Waals surface area (Å²) in [5.41, 5.74) is 1.95. The molecule has 2 aromatic rings. The molecule has 26 heavy (non-hydrogen) atoms. The molecule has 0 aliphatic carbocycles. The third kappa shape index (κ3) is 3.83. The van der Waals surface area contributed by atoms with Crippen LogP contribution in [0.3, 0.4) is 0 Å². The molecule has 2 heterocycles. The summed E-state index contributed by atoms with van der Waals surface area (Å²) in [7, 11) is 3.19. The molecule has 2 amide bonds. The molecular weight excluding hydrogens is 352 g/mol. The number of rotatable bonds is 5. The van der Waals surface area contributed by atoms with Crippen molar-refractivity contribution in [3.8, 4) is 11.5 Å². The van der Waals surface area contributed by atoms with E-state index in [4.69, 9.17) is 9.47 Å². The van der Waals surface area contributed by atoms with Crippen molar-refractivity contribution >= 4 is 23.2 Å². The number of nitrogens with one attached hydrogen (secondary N) is 1. The molecule has 0 saturated heterocycles. The Labute approximate surface area is 156 Å². The zero-order chi connectivity index (χ0) is 18.7. The van der Waals surface area contributed by atoms with Gasteiger partial charge in [0.05, 0.1) is 19.1 Å². The predicted molar refractivity (Wildman–Crippen MR) is 99.8 cm³/mol. The summed E-state index contributed by atoms with van der Waals surface area (Å²) in [5.74, 6) is 1.33. The largest absolute Gasteiger partial charge is 0.497 e. The lowest BCUT2D eigenvalue weighted by atomic mass is 10.1. The van der Waals surface area contributed by atoms with E-state index in [0.717, 1.165) is 17.5 Å². The van der Waals surface area contributed by atoms with Crippen LogP contribution in [0.4, 0.5) is 0 Å². The number of carbonyl (C=O) groups excluding carboxylic acids is 2. The molecule has 1 aliphatic rings. The molecule has 0 unspecified atom stereocenters. The first-order valence-corrected chi connectivity index (χ1v) is 9.19. The number of hydrogen-bond donors (Lipinski definition) is 1. The van der Waals surface area contributed by atoms with Crippen LogP contribution in [0, 0.1) is 0 Å². The minimum absolute atomic E-state index is 0.0689. The van der Waals surface area contributed by atoms with Crippen LogP contribution in [0.5, 0.6) is 11.5 Å². The highest BCUT2D eigenvalue weighted by atomic mass is 32.1. The molecule has 138 valence electrons. The van der Waals surface area contributed by atoms with Gasteiger partial charge in [0.25, 0.3) is 5.91 Å². The van der Waals surface area contributed by atoms with Gasteiger partial charge in [0.2, 0.25) is 5.91 Å². The van der Waals surface area contributed by atoms with Gasteiger partial charge < -0.3 is 19.7 Å². The van der Waals surface area contributed by atoms with Gasteiger partial charge in [-0.25, -0.2) is 0 Å². The maximum atomic E-state index is 12.5. The van der Waals surface area contributed by atoms with E-state index in [1.807, 2.05) is 18.2 Å². The summed E-state index contributed by atoms with van der Waals surface area (Å²) in [4.78, 5) is 27.7. The Balaban J connectivity index is 1.67. The van der Waals surface area contributed by atoms with Crippen molar-refractivity contribution in [3.63, 3.8) is 0 Å². The number of benzene rings is 1. The van der Waals surface area contributed by atoms with Crippen LogP contribution >= 0.6 is 11.3 Å². The van der Waals surface area contributed by atoms with Gasteiger partial charge in [0, 0.05) is 43.1 Å². The lowest BCUT2D eigenvalue weighted by molar-refractivity contribution is -0.129. The molecule has 1 N–H and O–H groups in total. The Morgan fingerprint density at radius 1 is 1.23 bits per heavy atom. The molecule has 3 rings (SSSR count). The van der Waals surface area contributed by atoms with E-state index in [9.17, 15) is 9.59 Å². The summed E-state index contributed by atoms with van der Waals surface area (Å²) in [6.45, 7) is 3.25. The number of carbonyl (C=O) groups is 2. The maximum absolute atomic E-state index is 12.5. The van der Waals surface area contributed by atoms with Crippen molar-refractivity contribution < 1.29 is 19.1 Å². The Morgan fingerprint density at radius 3 is 2.73 bits per heavy atom. The average molecular weight is 374 g/mol. The molecule has 6 nitrogen and oxygen atoms in total. The van der Waals surface area contributed by atoms with Gasteiger partial charge in [-0.3, -0.25) is 9.59 Å². The van der Waals surface area contributed by atoms with Crippen molar-refractivity contribution in [2.45, 2.75) is 26.4 Å².